The van der Waals surface area contributed by atoms with Crippen molar-refractivity contribution < 1.29 is 5.11 Å². The van der Waals surface area contributed by atoms with E-state index in [2.05, 4.69) is 19.1 Å². The predicted octanol–water partition coefficient (Wildman–Crippen LogP) is 4.11. The summed E-state index contributed by atoms with van der Waals surface area (Å²) in [6.07, 6.45) is 14.1. The molecule has 0 aromatic rings. The van der Waals surface area contributed by atoms with Gasteiger partial charge in [-0.15, -0.1) is 0 Å². The van der Waals surface area contributed by atoms with Gasteiger partial charge in [0.15, 0.2) is 0 Å². The highest BCUT2D eigenvalue weighted by Gasteiger charge is 1.88. The topological polar surface area (TPSA) is 19.9 Å². The Morgan fingerprint density at radius 3 is 2.15 bits per heavy atom. The smallest absolute Gasteiger partial charge is 0.0822 e. The fourth-order valence-corrected chi connectivity index (χ4v) is 1.30. The average molecular weight is 183 g/mol. The Balaban J connectivity index is 2.91. The van der Waals surface area contributed by atoms with Gasteiger partial charge in [-0.3, -0.25) is 0 Å². The maximum atomic E-state index is 10.1. The first-order valence-corrected chi connectivity index (χ1v) is 5.65. The van der Waals surface area contributed by atoms with Crippen LogP contribution in [0.15, 0.2) is 12.2 Å². The van der Waals surface area contributed by atoms with Crippen molar-refractivity contribution in [2.45, 2.75) is 58.3 Å². The molecule has 13 heavy (non-hydrogen) atoms. The third kappa shape index (κ3) is 11.7. The van der Waals surface area contributed by atoms with Crippen LogP contribution in [0.5, 0.6) is 0 Å². The number of hydrogen-bond donors (Lipinski definition) is 0. The van der Waals surface area contributed by atoms with Crippen LogP contribution in [-0.4, -0.2) is 6.61 Å². The summed E-state index contributed by atoms with van der Waals surface area (Å²) in [4.78, 5) is 0. The lowest BCUT2D eigenvalue weighted by Gasteiger charge is -1.96. The molecular formula is C12H23O. The van der Waals surface area contributed by atoms with Crippen LogP contribution in [0.1, 0.15) is 58.3 Å². The molecule has 0 aromatic heterocycles. The maximum Gasteiger partial charge on any atom is 0.0822 e. The maximum absolute atomic E-state index is 10.1. The van der Waals surface area contributed by atoms with Crippen LogP contribution in [0, 0.1) is 0 Å². The molecule has 0 heterocycles. The predicted molar refractivity (Wildman–Crippen MR) is 57.3 cm³/mol. The van der Waals surface area contributed by atoms with Crippen LogP contribution >= 0.6 is 0 Å². The van der Waals surface area contributed by atoms with Crippen LogP contribution in [-0.2, 0) is 5.11 Å². The SMILES string of the molecule is CCCC=CCCCCCCC[O]. The van der Waals surface area contributed by atoms with E-state index in [0.29, 0.717) is 0 Å². The van der Waals surface area contributed by atoms with Crippen molar-refractivity contribution in [2.75, 3.05) is 6.61 Å². The lowest BCUT2D eigenvalue weighted by molar-refractivity contribution is 0.186. The van der Waals surface area contributed by atoms with E-state index in [-0.39, 0.29) is 6.61 Å². The minimum absolute atomic E-state index is 0.108. The van der Waals surface area contributed by atoms with E-state index in [0.717, 1.165) is 12.8 Å². The van der Waals surface area contributed by atoms with E-state index in [1.165, 1.54) is 38.5 Å². The van der Waals surface area contributed by atoms with Gasteiger partial charge in [0.2, 0.25) is 0 Å². The van der Waals surface area contributed by atoms with Crippen molar-refractivity contribution in [3.8, 4) is 0 Å². The molecule has 0 amide bonds. The van der Waals surface area contributed by atoms with Crippen molar-refractivity contribution in [2.24, 2.45) is 0 Å². The quantitative estimate of drug-likeness (QED) is 0.378. The molecule has 0 fully saturated rings. The van der Waals surface area contributed by atoms with Crippen LogP contribution < -0.4 is 0 Å². The molecule has 1 heteroatoms. The summed E-state index contributed by atoms with van der Waals surface area (Å²) in [5.74, 6) is 0. The molecule has 0 aliphatic carbocycles. The normalized spacial score (nSPS) is 11.2. The first-order chi connectivity index (χ1) is 6.41. The summed E-state index contributed by atoms with van der Waals surface area (Å²) in [5.41, 5.74) is 0. The highest BCUT2D eigenvalue weighted by molar-refractivity contribution is 4.80. The highest BCUT2D eigenvalue weighted by atomic mass is 16.2. The number of allylic oxidation sites excluding steroid dienone is 2. The van der Waals surface area contributed by atoms with Gasteiger partial charge in [-0.1, -0.05) is 44.8 Å². The molecule has 0 spiro atoms. The van der Waals surface area contributed by atoms with Gasteiger partial charge in [-0.05, 0) is 25.7 Å². The van der Waals surface area contributed by atoms with Crippen molar-refractivity contribution in [1.82, 2.24) is 0 Å². The Labute approximate surface area is 82.9 Å². The fourth-order valence-electron chi connectivity index (χ4n) is 1.30. The molecule has 0 bridgehead atoms. The third-order valence-corrected chi connectivity index (χ3v) is 2.14. The van der Waals surface area contributed by atoms with Crippen LogP contribution in [0.2, 0.25) is 0 Å². The molecule has 0 N–H and O–H groups in total. The second kappa shape index (κ2) is 11.7. The lowest BCUT2D eigenvalue weighted by Crippen LogP contribution is -1.81. The zero-order valence-electron chi connectivity index (χ0n) is 8.93. The molecule has 0 saturated heterocycles. The third-order valence-electron chi connectivity index (χ3n) is 2.14. The standard InChI is InChI=1S/C12H23O/c1-2-3-4-5-6-7-8-9-10-11-12-13/h4-5H,2-3,6-12H2,1H3. The van der Waals surface area contributed by atoms with E-state index in [1.54, 1.807) is 0 Å². The molecule has 1 nitrogen and oxygen atoms in total. The second-order valence-electron chi connectivity index (χ2n) is 3.52. The summed E-state index contributed by atoms with van der Waals surface area (Å²) in [6.45, 7) is 2.31. The van der Waals surface area contributed by atoms with Gasteiger partial charge in [-0.25, -0.2) is 5.11 Å². The largest absolute Gasteiger partial charge is 0.237 e. The minimum atomic E-state index is 0.108. The second-order valence-corrected chi connectivity index (χ2v) is 3.52. The molecule has 1 radical (unpaired) electrons. The summed E-state index contributed by atoms with van der Waals surface area (Å²) in [5, 5.41) is 10.1. The van der Waals surface area contributed by atoms with Crippen LogP contribution in [0.25, 0.3) is 0 Å². The molecule has 0 atom stereocenters. The first-order valence-electron chi connectivity index (χ1n) is 5.65. The van der Waals surface area contributed by atoms with Gasteiger partial charge in [0.05, 0.1) is 6.61 Å². The van der Waals surface area contributed by atoms with Crippen molar-refractivity contribution >= 4 is 0 Å². The van der Waals surface area contributed by atoms with E-state index < -0.39 is 0 Å². The van der Waals surface area contributed by atoms with Crippen molar-refractivity contribution in [3.05, 3.63) is 12.2 Å². The molecule has 0 rings (SSSR count). The molecular weight excluding hydrogens is 160 g/mol. The van der Waals surface area contributed by atoms with Crippen LogP contribution in [0.4, 0.5) is 0 Å². The van der Waals surface area contributed by atoms with E-state index in [1.807, 2.05) is 0 Å². The molecule has 0 aliphatic heterocycles. The first kappa shape index (κ1) is 12.7. The zero-order chi connectivity index (χ0) is 9.78. The van der Waals surface area contributed by atoms with Gasteiger partial charge in [0.25, 0.3) is 0 Å². The van der Waals surface area contributed by atoms with E-state index in [9.17, 15) is 5.11 Å². The fraction of sp³-hybridized carbons (Fsp3) is 0.833. The minimum Gasteiger partial charge on any atom is -0.237 e. The summed E-state index contributed by atoms with van der Waals surface area (Å²) < 4.78 is 0. The van der Waals surface area contributed by atoms with E-state index in [4.69, 9.17) is 0 Å². The van der Waals surface area contributed by atoms with Gasteiger partial charge in [0, 0.05) is 0 Å². The Morgan fingerprint density at radius 1 is 0.846 bits per heavy atom. The Morgan fingerprint density at radius 2 is 1.46 bits per heavy atom. The van der Waals surface area contributed by atoms with Gasteiger partial charge in [-0.2, -0.15) is 0 Å². The molecule has 0 saturated carbocycles. The zero-order valence-corrected chi connectivity index (χ0v) is 8.93. The van der Waals surface area contributed by atoms with E-state index >= 15 is 0 Å². The van der Waals surface area contributed by atoms with Crippen molar-refractivity contribution in [1.29, 1.82) is 0 Å². The molecule has 0 aromatic carbocycles. The Hall–Kier alpha value is -0.300. The van der Waals surface area contributed by atoms with Crippen molar-refractivity contribution in [3.63, 3.8) is 0 Å². The number of rotatable bonds is 9. The summed E-state index contributed by atoms with van der Waals surface area (Å²) in [7, 11) is 0. The van der Waals surface area contributed by atoms with Gasteiger partial charge in [0.1, 0.15) is 0 Å². The molecule has 0 aliphatic rings. The van der Waals surface area contributed by atoms with Gasteiger partial charge >= 0.3 is 0 Å². The monoisotopic (exact) mass is 183 g/mol. The number of unbranched alkanes of at least 4 members (excludes halogenated alkanes) is 6. The Bertz CT molecular complexity index is 108. The summed E-state index contributed by atoms with van der Waals surface area (Å²) >= 11 is 0. The Kier molecular flexibility index (Phi) is 11.4. The molecule has 77 valence electrons. The lowest BCUT2D eigenvalue weighted by atomic mass is 10.1. The van der Waals surface area contributed by atoms with Gasteiger partial charge < -0.3 is 0 Å². The van der Waals surface area contributed by atoms with Crippen LogP contribution in [0.3, 0.4) is 0 Å². The summed E-state index contributed by atoms with van der Waals surface area (Å²) in [6, 6.07) is 0. The molecule has 0 unspecified atom stereocenters. The number of hydrogen-bond acceptors (Lipinski definition) is 0. The average Bonchev–Trinajstić information content (AvgIpc) is 2.16. The highest BCUT2D eigenvalue weighted by Crippen LogP contribution is 2.05.